The largest absolute Gasteiger partial charge is 0.379 e. The molecule has 2 atom stereocenters. The highest BCUT2D eigenvalue weighted by atomic mass is 16.5. The van der Waals surface area contributed by atoms with Gasteiger partial charge in [0.2, 0.25) is 0 Å². The zero-order valence-electron chi connectivity index (χ0n) is 14.5. The molecule has 0 aromatic rings. The number of hydrogen-bond acceptors (Lipinski definition) is 3. The fourth-order valence-electron chi connectivity index (χ4n) is 3.84. The molecule has 0 saturated carbocycles. The molecule has 0 aromatic carbocycles. The maximum Gasteiger partial charge on any atom is 0.193 e. The molecule has 0 amide bonds. The van der Waals surface area contributed by atoms with Gasteiger partial charge >= 0.3 is 0 Å². The second-order valence-electron chi connectivity index (χ2n) is 6.88. The average Bonchev–Trinajstić information content (AvgIpc) is 3.10. The second-order valence-corrected chi connectivity index (χ2v) is 6.88. The molecule has 5 heteroatoms. The summed E-state index contributed by atoms with van der Waals surface area (Å²) in [5.74, 6) is 1.85. The number of morpholine rings is 1. The first-order chi connectivity index (χ1) is 11.4. The van der Waals surface area contributed by atoms with Crippen LogP contribution in [0.15, 0.2) is 17.1 Å². The number of rotatable bonds is 4. The maximum absolute atomic E-state index is 5.48. The smallest absolute Gasteiger partial charge is 0.193 e. The molecule has 1 N–H and O–H groups in total. The van der Waals surface area contributed by atoms with Crippen LogP contribution in [-0.2, 0) is 4.74 Å². The Morgan fingerprint density at radius 1 is 1.22 bits per heavy atom. The van der Waals surface area contributed by atoms with Gasteiger partial charge in [-0.1, -0.05) is 12.2 Å². The van der Waals surface area contributed by atoms with E-state index in [0.717, 1.165) is 64.4 Å². The predicted molar refractivity (Wildman–Crippen MR) is 94.8 cm³/mol. The third-order valence-corrected chi connectivity index (χ3v) is 5.24. The summed E-state index contributed by atoms with van der Waals surface area (Å²) < 4.78 is 5.48. The number of aliphatic imine (C=N–C) groups is 1. The van der Waals surface area contributed by atoms with Crippen molar-refractivity contribution in [2.24, 2.45) is 10.9 Å². The monoisotopic (exact) mass is 320 g/mol. The molecule has 2 aliphatic heterocycles. The molecule has 2 unspecified atom stereocenters. The topological polar surface area (TPSA) is 40.1 Å². The Bertz CT molecular complexity index is 417. The Labute approximate surface area is 140 Å². The SMILES string of the molecule is CCNC(=NCC1CC=CCC1)N1CCC(N2CCOCC2)C1. The highest BCUT2D eigenvalue weighted by Gasteiger charge is 2.30. The van der Waals surface area contributed by atoms with E-state index in [4.69, 9.17) is 9.73 Å². The lowest BCUT2D eigenvalue weighted by molar-refractivity contribution is 0.0195. The Kier molecular flexibility index (Phi) is 6.34. The highest BCUT2D eigenvalue weighted by molar-refractivity contribution is 5.80. The molecule has 2 heterocycles. The van der Waals surface area contributed by atoms with Crippen molar-refractivity contribution in [1.82, 2.24) is 15.1 Å². The summed E-state index contributed by atoms with van der Waals surface area (Å²) in [6.07, 6.45) is 9.57. The molecule has 23 heavy (non-hydrogen) atoms. The van der Waals surface area contributed by atoms with Crippen LogP contribution in [0, 0.1) is 5.92 Å². The lowest BCUT2D eigenvalue weighted by Crippen LogP contribution is -2.46. The number of likely N-dealkylation sites (tertiary alicyclic amines) is 1. The predicted octanol–water partition coefficient (Wildman–Crippen LogP) is 1.71. The highest BCUT2D eigenvalue weighted by Crippen LogP contribution is 2.20. The first-order valence-corrected chi connectivity index (χ1v) is 9.37. The minimum absolute atomic E-state index is 0.667. The van der Waals surface area contributed by atoms with Crippen molar-refractivity contribution in [1.29, 1.82) is 0 Å². The van der Waals surface area contributed by atoms with Crippen LogP contribution in [0.25, 0.3) is 0 Å². The van der Waals surface area contributed by atoms with Crippen LogP contribution in [0.1, 0.15) is 32.6 Å². The molecular weight excluding hydrogens is 288 g/mol. The molecule has 1 aliphatic carbocycles. The van der Waals surface area contributed by atoms with E-state index in [9.17, 15) is 0 Å². The van der Waals surface area contributed by atoms with Crippen molar-refractivity contribution in [3.63, 3.8) is 0 Å². The van der Waals surface area contributed by atoms with Gasteiger partial charge in [-0.05, 0) is 38.5 Å². The summed E-state index contributed by atoms with van der Waals surface area (Å²) in [5, 5.41) is 3.50. The van der Waals surface area contributed by atoms with Gasteiger partial charge < -0.3 is 15.0 Å². The fraction of sp³-hybridized carbons (Fsp3) is 0.833. The van der Waals surface area contributed by atoms with Gasteiger partial charge in [0.25, 0.3) is 0 Å². The Hall–Kier alpha value is -1.07. The minimum Gasteiger partial charge on any atom is -0.379 e. The van der Waals surface area contributed by atoms with E-state index >= 15 is 0 Å². The minimum atomic E-state index is 0.667. The zero-order valence-corrected chi connectivity index (χ0v) is 14.5. The van der Waals surface area contributed by atoms with Crippen molar-refractivity contribution in [2.45, 2.75) is 38.6 Å². The van der Waals surface area contributed by atoms with E-state index in [0.29, 0.717) is 6.04 Å². The van der Waals surface area contributed by atoms with Gasteiger partial charge in [0.15, 0.2) is 5.96 Å². The number of hydrogen-bond donors (Lipinski definition) is 1. The van der Waals surface area contributed by atoms with Crippen LogP contribution in [0.4, 0.5) is 0 Å². The molecule has 0 aromatic heterocycles. The number of nitrogens with zero attached hydrogens (tertiary/aromatic N) is 3. The molecule has 3 rings (SSSR count). The van der Waals surface area contributed by atoms with Gasteiger partial charge in [-0.15, -0.1) is 0 Å². The molecule has 0 bridgehead atoms. The first kappa shape index (κ1) is 16.8. The van der Waals surface area contributed by atoms with Crippen molar-refractivity contribution in [2.75, 3.05) is 52.5 Å². The quantitative estimate of drug-likeness (QED) is 0.486. The van der Waals surface area contributed by atoms with Gasteiger partial charge in [0, 0.05) is 45.3 Å². The molecule has 2 fully saturated rings. The second kappa shape index (κ2) is 8.69. The molecule has 5 nitrogen and oxygen atoms in total. The van der Waals surface area contributed by atoms with Crippen LogP contribution in [0.2, 0.25) is 0 Å². The average molecular weight is 320 g/mol. The van der Waals surface area contributed by atoms with E-state index in [1.54, 1.807) is 0 Å². The molecule has 3 aliphatic rings. The molecule has 0 spiro atoms. The van der Waals surface area contributed by atoms with Crippen LogP contribution >= 0.6 is 0 Å². The standard InChI is InChI=1S/C18H32N4O/c1-2-19-18(20-14-16-6-4-3-5-7-16)22-9-8-17(15-22)21-10-12-23-13-11-21/h3-4,16-17H,2,5-15H2,1H3,(H,19,20). The van der Waals surface area contributed by atoms with Crippen LogP contribution in [0.3, 0.4) is 0 Å². The van der Waals surface area contributed by atoms with Gasteiger partial charge in [0.1, 0.15) is 0 Å². The van der Waals surface area contributed by atoms with Crippen molar-refractivity contribution >= 4 is 5.96 Å². The van der Waals surface area contributed by atoms with Gasteiger partial charge in [-0.2, -0.15) is 0 Å². The Morgan fingerprint density at radius 2 is 2.09 bits per heavy atom. The van der Waals surface area contributed by atoms with E-state index in [1.807, 2.05) is 0 Å². The molecule has 0 radical (unpaired) electrons. The Morgan fingerprint density at radius 3 is 2.83 bits per heavy atom. The van der Waals surface area contributed by atoms with Gasteiger partial charge in [0.05, 0.1) is 13.2 Å². The number of guanidine groups is 1. The molecular formula is C18H32N4O. The molecule has 130 valence electrons. The van der Waals surface area contributed by atoms with Crippen LogP contribution in [-0.4, -0.2) is 74.3 Å². The molecule has 2 saturated heterocycles. The van der Waals surface area contributed by atoms with E-state index in [1.165, 1.54) is 25.7 Å². The summed E-state index contributed by atoms with van der Waals surface area (Å²) in [7, 11) is 0. The van der Waals surface area contributed by atoms with E-state index < -0.39 is 0 Å². The fourth-order valence-corrected chi connectivity index (χ4v) is 3.84. The lowest BCUT2D eigenvalue weighted by Gasteiger charge is -2.32. The summed E-state index contributed by atoms with van der Waals surface area (Å²) >= 11 is 0. The maximum atomic E-state index is 5.48. The van der Waals surface area contributed by atoms with Gasteiger partial charge in [-0.3, -0.25) is 9.89 Å². The normalized spacial score (nSPS) is 30.0. The van der Waals surface area contributed by atoms with E-state index in [-0.39, 0.29) is 0 Å². The van der Waals surface area contributed by atoms with Crippen molar-refractivity contribution in [3.05, 3.63) is 12.2 Å². The Balaban J connectivity index is 1.54. The summed E-state index contributed by atoms with van der Waals surface area (Å²) in [6, 6.07) is 0.667. The summed E-state index contributed by atoms with van der Waals surface area (Å²) in [6.45, 7) is 10.2. The van der Waals surface area contributed by atoms with Crippen molar-refractivity contribution in [3.8, 4) is 0 Å². The zero-order chi connectivity index (χ0) is 15.9. The van der Waals surface area contributed by atoms with E-state index in [2.05, 4.69) is 34.2 Å². The lowest BCUT2D eigenvalue weighted by atomic mass is 9.95. The third-order valence-electron chi connectivity index (χ3n) is 5.24. The number of ether oxygens (including phenoxy) is 1. The van der Waals surface area contributed by atoms with Gasteiger partial charge in [-0.25, -0.2) is 0 Å². The summed E-state index contributed by atoms with van der Waals surface area (Å²) in [5.41, 5.74) is 0. The number of allylic oxidation sites excluding steroid dienone is 2. The number of nitrogens with one attached hydrogen (secondary N) is 1. The van der Waals surface area contributed by atoms with Crippen LogP contribution < -0.4 is 5.32 Å². The first-order valence-electron chi connectivity index (χ1n) is 9.37. The van der Waals surface area contributed by atoms with Crippen LogP contribution in [0.5, 0.6) is 0 Å². The summed E-state index contributed by atoms with van der Waals surface area (Å²) in [4.78, 5) is 10.0. The third kappa shape index (κ3) is 4.70. The van der Waals surface area contributed by atoms with Crippen molar-refractivity contribution < 1.29 is 4.74 Å².